The molecule has 0 fully saturated rings. The summed E-state index contributed by atoms with van der Waals surface area (Å²) in [6, 6.07) is 5.27. The number of carbonyl (C=O) groups is 1. The van der Waals surface area contributed by atoms with E-state index in [0.29, 0.717) is 17.2 Å². The van der Waals surface area contributed by atoms with Crippen LogP contribution in [0.4, 0.5) is 0 Å². The van der Waals surface area contributed by atoms with E-state index in [2.05, 4.69) is 6.92 Å². The van der Waals surface area contributed by atoms with Crippen molar-refractivity contribution in [2.45, 2.75) is 33.1 Å². The van der Waals surface area contributed by atoms with Crippen molar-refractivity contribution in [2.24, 2.45) is 5.92 Å². The number of hydrogen-bond acceptors (Lipinski definition) is 4. The van der Waals surface area contributed by atoms with E-state index in [-0.39, 0.29) is 11.9 Å². The van der Waals surface area contributed by atoms with Gasteiger partial charge in [-0.2, -0.15) is 0 Å². The molecule has 19 heavy (non-hydrogen) atoms. The van der Waals surface area contributed by atoms with Crippen LogP contribution in [0.5, 0.6) is 17.2 Å². The number of carbonyl (C=O) groups excluding carboxylic acids is 1. The van der Waals surface area contributed by atoms with E-state index in [1.165, 1.54) is 14.2 Å². The van der Waals surface area contributed by atoms with Crippen LogP contribution in [0.3, 0.4) is 0 Å². The largest absolute Gasteiger partial charge is 0.493 e. The molecule has 0 bridgehead atoms. The Kier molecular flexibility index (Phi) is 6.19. The molecule has 1 unspecified atom stereocenters. The Hall–Kier alpha value is -1.71. The van der Waals surface area contributed by atoms with Crippen molar-refractivity contribution in [3.63, 3.8) is 0 Å². The van der Waals surface area contributed by atoms with Gasteiger partial charge < -0.3 is 14.2 Å². The fraction of sp³-hybridized carbons (Fsp3) is 0.533. The topological polar surface area (TPSA) is 44.8 Å². The van der Waals surface area contributed by atoms with Crippen LogP contribution >= 0.6 is 0 Å². The van der Waals surface area contributed by atoms with E-state index >= 15 is 0 Å². The van der Waals surface area contributed by atoms with E-state index in [1.54, 1.807) is 18.2 Å². The molecule has 0 aliphatic heterocycles. The summed E-state index contributed by atoms with van der Waals surface area (Å²) in [6.45, 7) is 4.04. The molecule has 0 N–H and O–H groups in total. The van der Waals surface area contributed by atoms with Crippen molar-refractivity contribution < 1.29 is 19.0 Å². The number of methoxy groups -OCH3 is 2. The summed E-state index contributed by atoms with van der Waals surface area (Å²) in [4.78, 5) is 12.1. The minimum Gasteiger partial charge on any atom is -0.493 e. The molecule has 106 valence electrons. The molecule has 1 rings (SSSR count). The van der Waals surface area contributed by atoms with Gasteiger partial charge in [0.15, 0.2) is 11.5 Å². The monoisotopic (exact) mass is 266 g/mol. The van der Waals surface area contributed by atoms with Gasteiger partial charge in [0.25, 0.3) is 0 Å². The van der Waals surface area contributed by atoms with Crippen molar-refractivity contribution in [1.29, 1.82) is 0 Å². The zero-order valence-electron chi connectivity index (χ0n) is 12.1. The van der Waals surface area contributed by atoms with Crippen molar-refractivity contribution in [3.05, 3.63) is 18.2 Å². The molecule has 0 aliphatic rings. The highest BCUT2D eigenvalue weighted by molar-refractivity contribution is 5.77. The Balaban J connectivity index is 2.94. The number of para-hydroxylation sites is 1. The zero-order valence-corrected chi connectivity index (χ0v) is 12.1. The van der Waals surface area contributed by atoms with Gasteiger partial charge in [0.1, 0.15) is 0 Å². The summed E-state index contributed by atoms with van der Waals surface area (Å²) in [6.07, 6.45) is 2.55. The van der Waals surface area contributed by atoms with Crippen LogP contribution in [0.2, 0.25) is 0 Å². The highest BCUT2D eigenvalue weighted by Crippen LogP contribution is 2.37. The zero-order chi connectivity index (χ0) is 14.3. The fourth-order valence-electron chi connectivity index (χ4n) is 1.94. The third-order valence-electron chi connectivity index (χ3n) is 3.05. The Morgan fingerprint density at radius 1 is 1.16 bits per heavy atom. The average Bonchev–Trinajstić information content (AvgIpc) is 2.44. The maximum absolute atomic E-state index is 12.1. The van der Waals surface area contributed by atoms with Gasteiger partial charge in [-0.1, -0.05) is 26.3 Å². The summed E-state index contributed by atoms with van der Waals surface area (Å²) in [5.41, 5.74) is 0. The van der Waals surface area contributed by atoms with Crippen LogP contribution in [0.15, 0.2) is 18.2 Å². The Bertz CT molecular complexity index is 392. The van der Waals surface area contributed by atoms with Gasteiger partial charge in [0.2, 0.25) is 5.75 Å². The maximum Gasteiger partial charge on any atom is 0.314 e. The molecule has 0 aromatic heterocycles. The first-order chi connectivity index (χ1) is 9.17. The van der Waals surface area contributed by atoms with Gasteiger partial charge in [0.05, 0.1) is 20.1 Å². The van der Waals surface area contributed by atoms with Crippen molar-refractivity contribution in [2.75, 3.05) is 14.2 Å². The molecule has 1 atom stereocenters. The lowest BCUT2D eigenvalue weighted by Gasteiger charge is -2.16. The lowest BCUT2D eigenvalue weighted by atomic mass is 10.0. The molecule has 4 nitrogen and oxygen atoms in total. The van der Waals surface area contributed by atoms with Gasteiger partial charge >= 0.3 is 5.97 Å². The van der Waals surface area contributed by atoms with E-state index < -0.39 is 0 Å². The second-order valence-corrected chi connectivity index (χ2v) is 4.31. The first-order valence-corrected chi connectivity index (χ1v) is 6.60. The van der Waals surface area contributed by atoms with Crippen molar-refractivity contribution >= 4 is 5.97 Å². The molecule has 1 aromatic carbocycles. The highest BCUT2D eigenvalue weighted by atomic mass is 16.6. The molecule has 0 aliphatic carbocycles. The predicted octanol–water partition coefficient (Wildman–Crippen LogP) is 3.44. The normalized spacial score (nSPS) is 11.8. The van der Waals surface area contributed by atoms with Crippen molar-refractivity contribution in [1.82, 2.24) is 0 Å². The van der Waals surface area contributed by atoms with E-state index in [9.17, 15) is 4.79 Å². The third kappa shape index (κ3) is 3.88. The summed E-state index contributed by atoms with van der Waals surface area (Å²) in [5, 5.41) is 0. The van der Waals surface area contributed by atoms with Gasteiger partial charge in [-0.05, 0) is 25.0 Å². The SMILES string of the molecule is CCCC(CC)C(=O)Oc1c(OC)cccc1OC. The lowest BCUT2D eigenvalue weighted by molar-refractivity contribution is -0.139. The predicted molar refractivity (Wildman–Crippen MR) is 73.9 cm³/mol. The van der Waals surface area contributed by atoms with Gasteiger partial charge in [-0.25, -0.2) is 0 Å². The summed E-state index contributed by atoms with van der Waals surface area (Å²) in [7, 11) is 3.07. The quantitative estimate of drug-likeness (QED) is 0.560. The second-order valence-electron chi connectivity index (χ2n) is 4.31. The molecule has 0 radical (unpaired) electrons. The molecule has 0 spiro atoms. The average molecular weight is 266 g/mol. The molecule has 1 aromatic rings. The molecule has 0 amide bonds. The minimum absolute atomic E-state index is 0.0837. The molecular weight excluding hydrogens is 244 g/mol. The number of esters is 1. The van der Waals surface area contributed by atoms with E-state index in [1.807, 2.05) is 6.92 Å². The summed E-state index contributed by atoms with van der Waals surface area (Å²) < 4.78 is 15.9. The first kappa shape index (κ1) is 15.3. The molecular formula is C15H22O4. The number of rotatable bonds is 7. The Labute approximate surface area is 114 Å². The number of hydrogen-bond donors (Lipinski definition) is 0. The molecule has 0 saturated carbocycles. The summed E-state index contributed by atoms with van der Waals surface area (Å²) >= 11 is 0. The summed E-state index contributed by atoms with van der Waals surface area (Å²) in [5.74, 6) is 1.04. The molecule has 0 saturated heterocycles. The van der Waals surface area contributed by atoms with Gasteiger partial charge in [-0.3, -0.25) is 4.79 Å². The molecule has 0 heterocycles. The van der Waals surface area contributed by atoms with Crippen LogP contribution in [0.25, 0.3) is 0 Å². The lowest BCUT2D eigenvalue weighted by Crippen LogP contribution is -2.20. The Morgan fingerprint density at radius 3 is 2.16 bits per heavy atom. The van der Waals surface area contributed by atoms with E-state index in [4.69, 9.17) is 14.2 Å². The first-order valence-electron chi connectivity index (χ1n) is 6.60. The smallest absolute Gasteiger partial charge is 0.314 e. The van der Waals surface area contributed by atoms with Gasteiger partial charge in [0, 0.05) is 0 Å². The second kappa shape index (κ2) is 7.67. The van der Waals surface area contributed by atoms with E-state index in [0.717, 1.165) is 19.3 Å². The Morgan fingerprint density at radius 2 is 1.74 bits per heavy atom. The molecule has 4 heteroatoms. The standard InChI is InChI=1S/C15H22O4/c1-5-8-11(6-2)15(16)19-14-12(17-3)9-7-10-13(14)18-4/h7,9-11H,5-6,8H2,1-4H3. The minimum atomic E-state index is -0.229. The highest BCUT2D eigenvalue weighted by Gasteiger charge is 2.21. The van der Waals surface area contributed by atoms with Crippen LogP contribution in [-0.2, 0) is 4.79 Å². The van der Waals surface area contributed by atoms with Crippen LogP contribution in [0, 0.1) is 5.92 Å². The van der Waals surface area contributed by atoms with Gasteiger partial charge in [-0.15, -0.1) is 0 Å². The van der Waals surface area contributed by atoms with Crippen LogP contribution in [0.1, 0.15) is 33.1 Å². The van der Waals surface area contributed by atoms with Crippen LogP contribution < -0.4 is 14.2 Å². The number of benzene rings is 1. The third-order valence-corrected chi connectivity index (χ3v) is 3.05. The van der Waals surface area contributed by atoms with Crippen molar-refractivity contribution in [3.8, 4) is 17.2 Å². The number of ether oxygens (including phenoxy) is 3. The van der Waals surface area contributed by atoms with Crippen LogP contribution in [-0.4, -0.2) is 20.2 Å². The maximum atomic E-state index is 12.1. The fourth-order valence-corrected chi connectivity index (χ4v) is 1.94.